The van der Waals surface area contributed by atoms with Crippen molar-refractivity contribution in [2.45, 2.75) is 41.5 Å². The topological polar surface area (TPSA) is 0 Å². The van der Waals surface area contributed by atoms with E-state index in [1.54, 1.807) is 0 Å². The van der Waals surface area contributed by atoms with E-state index in [-0.39, 0.29) is 24.8 Å². The highest BCUT2D eigenvalue weighted by molar-refractivity contribution is 5.85. The molecule has 0 radical (unpaired) electrons. The zero-order valence-electron chi connectivity index (χ0n) is 9.82. The van der Waals surface area contributed by atoms with E-state index in [1.165, 1.54) is 33.4 Å². The maximum Gasteiger partial charge on any atom is -0.0392 e. The van der Waals surface area contributed by atoms with Crippen LogP contribution in [0.4, 0.5) is 0 Å². The molecule has 0 N–H and O–H groups in total. The first kappa shape index (κ1) is 16.2. The second-order valence-corrected chi connectivity index (χ2v) is 3.75. The lowest BCUT2D eigenvalue weighted by atomic mass is 9.90. The van der Waals surface area contributed by atoms with E-state index in [1.807, 2.05) is 0 Å². The van der Waals surface area contributed by atoms with E-state index in [0.29, 0.717) is 0 Å². The Kier molecular flexibility index (Phi) is 6.52. The highest BCUT2D eigenvalue weighted by atomic mass is 35.5. The van der Waals surface area contributed by atoms with Crippen molar-refractivity contribution in [3.63, 3.8) is 0 Å². The summed E-state index contributed by atoms with van der Waals surface area (Å²) >= 11 is 0. The molecule has 0 aromatic heterocycles. The predicted molar refractivity (Wildman–Crippen MR) is 69.4 cm³/mol. The molecule has 14 heavy (non-hydrogen) atoms. The standard InChI is InChI=1S/C12H18.2ClH/c1-7-8(2)10(4)12(6)11(5)9(7)3;;/h1-6H3;2*1H. The summed E-state index contributed by atoms with van der Waals surface area (Å²) in [6.07, 6.45) is 0. The molecule has 2 heteroatoms. The zero-order valence-corrected chi connectivity index (χ0v) is 11.4. The van der Waals surface area contributed by atoms with Crippen LogP contribution >= 0.6 is 24.8 Å². The van der Waals surface area contributed by atoms with Gasteiger partial charge in [-0.15, -0.1) is 24.8 Å². The Hall–Kier alpha value is -0.200. The molecule has 1 rings (SSSR count). The molecule has 0 saturated heterocycles. The van der Waals surface area contributed by atoms with Crippen LogP contribution in [0.2, 0.25) is 0 Å². The third-order valence-corrected chi connectivity index (χ3v) is 3.38. The average molecular weight is 235 g/mol. The lowest BCUT2D eigenvalue weighted by Gasteiger charge is -2.15. The average Bonchev–Trinajstić information content (AvgIpc) is 2.08. The lowest BCUT2D eigenvalue weighted by Crippen LogP contribution is -1.98. The summed E-state index contributed by atoms with van der Waals surface area (Å²) in [5.41, 5.74) is 8.73. The molecule has 0 atom stereocenters. The van der Waals surface area contributed by atoms with Crippen LogP contribution in [0.1, 0.15) is 33.4 Å². The van der Waals surface area contributed by atoms with Crippen LogP contribution in [-0.4, -0.2) is 0 Å². The third-order valence-electron chi connectivity index (χ3n) is 3.38. The summed E-state index contributed by atoms with van der Waals surface area (Å²) in [7, 11) is 0. The van der Waals surface area contributed by atoms with Crippen LogP contribution in [-0.2, 0) is 0 Å². The van der Waals surface area contributed by atoms with Crippen molar-refractivity contribution in [3.05, 3.63) is 33.4 Å². The Morgan fingerprint density at radius 2 is 0.429 bits per heavy atom. The Morgan fingerprint density at radius 1 is 0.357 bits per heavy atom. The van der Waals surface area contributed by atoms with Crippen LogP contribution in [0, 0.1) is 41.5 Å². The summed E-state index contributed by atoms with van der Waals surface area (Å²) in [6, 6.07) is 0. The van der Waals surface area contributed by atoms with Gasteiger partial charge in [-0.1, -0.05) is 0 Å². The highest BCUT2D eigenvalue weighted by Gasteiger charge is 2.07. The molecule has 0 saturated carbocycles. The lowest BCUT2D eigenvalue weighted by molar-refractivity contribution is 1.13. The van der Waals surface area contributed by atoms with Gasteiger partial charge in [-0.05, 0) is 74.9 Å². The second kappa shape index (κ2) is 5.63. The Labute approximate surface area is 99.9 Å². The zero-order chi connectivity index (χ0) is 9.46. The molecule has 1 aromatic rings. The maximum atomic E-state index is 2.21. The number of halogens is 2. The summed E-state index contributed by atoms with van der Waals surface area (Å²) in [6.45, 7) is 13.3. The molecular formula is C12H20Cl2. The molecule has 0 aliphatic rings. The van der Waals surface area contributed by atoms with Crippen molar-refractivity contribution < 1.29 is 0 Å². The second-order valence-electron chi connectivity index (χ2n) is 3.75. The maximum absolute atomic E-state index is 2.21. The van der Waals surface area contributed by atoms with Crippen molar-refractivity contribution >= 4 is 24.8 Å². The molecule has 82 valence electrons. The first-order valence-corrected chi connectivity index (χ1v) is 4.50. The number of benzene rings is 1. The summed E-state index contributed by atoms with van der Waals surface area (Å²) < 4.78 is 0. The molecule has 0 aliphatic carbocycles. The Bertz CT molecular complexity index is 223. The Balaban J connectivity index is 0. The molecule has 1 aromatic carbocycles. The smallest absolute Gasteiger partial charge is 0.0392 e. The Morgan fingerprint density at radius 3 is 0.500 bits per heavy atom. The van der Waals surface area contributed by atoms with E-state index >= 15 is 0 Å². The van der Waals surface area contributed by atoms with Gasteiger partial charge in [-0.25, -0.2) is 0 Å². The van der Waals surface area contributed by atoms with Crippen molar-refractivity contribution in [1.82, 2.24) is 0 Å². The minimum absolute atomic E-state index is 0. The van der Waals surface area contributed by atoms with Crippen LogP contribution in [0.15, 0.2) is 0 Å². The fourth-order valence-electron chi connectivity index (χ4n) is 1.69. The van der Waals surface area contributed by atoms with Crippen LogP contribution in [0.5, 0.6) is 0 Å². The quantitative estimate of drug-likeness (QED) is 0.626. The van der Waals surface area contributed by atoms with Gasteiger partial charge >= 0.3 is 0 Å². The van der Waals surface area contributed by atoms with Crippen molar-refractivity contribution in [3.8, 4) is 0 Å². The fourth-order valence-corrected chi connectivity index (χ4v) is 1.69. The SMILES string of the molecule is Cc1c(C)c(C)c(C)c(C)c1C.Cl.Cl. The number of rotatable bonds is 0. The summed E-state index contributed by atoms with van der Waals surface area (Å²) in [4.78, 5) is 0. The van der Waals surface area contributed by atoms with Gasteiger partial charge in [-0.3, -0.25) is 0 Å². The van der Waals surface area contributed by atoms with Gasteiger partial charge in [0.2, 0.25) is 0 Å². The molecule has 0 nitrogen and oxygen atoms in total. The number of hydrogen-bond acceptors (Lipinski definition) is 0. The first-order chi connectivity index (χ1) is 5.46. The molecule has 0 fully saturated rings. The largest absolute Gasteiger partial charge is 0.147 e. The van der Waals surface area contributed by atoms with E-state index < -0.39 is 0 Å². The van der Waals surface area contributed by atoms with Crippen LogP contribution in [0.25, 0.3) is 0 Å². The minimum atomic E-state index is 0. The number of hydrogen-bond donors (Lipinski definition) is 0. The van der Waals surface area contributed by atoms with E-state index in [2.05, 4.69) is 41.5 Å². The van der Waals surface area contributed by atoms with E-state index in [0.717, 1.165) is 0 Å². The molecule has 0 bridgehead atoms. The van der Waals surface area contributed by atoms with Crippen molar-refractivity contribution in [1.29, 1.82) is 0 Å². The van der Waals surface area contributed by atoms with Gasteiger partial charge in [-0.2, -0.15) is 0 Å². The van der Waals surface area contributed by atoms with Gasteiger partial charge in [0.1, 0.15) is 0 Å². The van der Waals surface area contributed by atoms with Gasteiger partial charge in [0.15, 0.2) is 0 Å². The molecular weight excluding hydrogens is 215 g/mol. The monoisotopic (exact) mass is 234 g/mol. The van der Waals surface area contributed by atoms with Crippen LogP contribution < -0.4 is 0 Å². The summed E-state index contributed by atoms with van der Waals surface area (Å²) in [5.74, 6) is 0. The molecule has 0 amide bonds. The molecule has 0 heterocycles. The van der Waals surface area contributed by atoms with Crippen LogP contribution in [0.3, 0.4) is 0 Å². The molecule has 0 spiro atoms. The first-order valence-electron chi connectivity index (χ1n) is 4.50. The van der Waals surface area contributed by atoms with Crippen molar-refractivity contribution in [2.75, 3.05) is 0 Å². The fraction of sp³-hybridized carbons (Fsp3) is 0.500. The van der Waals surface area contributed by atoms with Crippen molar-refractivity contribution in [2.24, 2.45) is 0 Å². The summed E-state index contributed by atoms with van der Waals surface area (Å²) in [5, 5.41) is 0. The van der Waals surface area contributed by atoms with E-state index in [9.17, 15) is 0 Å². The van der Waals surface area contributed by atoms with Gasteiger partial charge in [0.25, 0.3) is 0 Å². The van der Waals surface area contributed by atoms with Gasteiger partial charge in [0.05, 0.1) is 0 Å². The highest BCUT2D eigenvalue weighted by Crippen LogP contribution is 2.24. The van der Waals surface area contributed by atoms with Gasteiger partial charge < -0.3 is 0 Å². The normalized spacial score (nSPS) is 9.00. The molecule has 0 aliphatic heterocycles. The minimum Gasteiger partial charge on any atom is -0.147 e. The molecule has 0 unspecified atom stereocenters. The predicted octanol–water partition coefficient (Wildman–Crippen LogP) is 4.38. The van der Waals surface area contributed by atoms with Gasteiger partial charge in [0, 0.05) is 0 Å². The van der Waals surface area contributed by atoms with E-state index in [4.69, 9.17) is 0 Å². The third kappa shape index (κ3) is 2.43.